The highest BCUT2D eigenvalue weighted by molar-refractivity contribution is 7.80. The van der Waals surface area contributed by atoms with Gasteiger partial charge in [-0.3, -0.25) is 5.43 Å². The molecule has 0 saturated carbocycles. The summed E-state index contributed by atoms with van der Waals surface area (Å²) < 4.78 is 5.19. The topological polar surface area (TPSA) is 49.6 Å². The third-order valence-electron chi connectivity index (χ3n) is 2.56. The molecule has 2 N–H and O–H groups in total. The molecule has 98 valence electrons. The number of furan rings is 1. The summed E-state index contributed by atoms with van der Waals surface area (Å²) in [5, 5.41) is 7.55. The Morgan fingerprint density at radius 3 is 2.89 bits per heavy atom. The maximum absolute atomic E-state index is 5.19. The molecule has 0 aliphatic heterocycles. The summed E-state index contributed by atoms with van der Waals surface area (Å²) in [6.45, 7) is 2.58. The normalized spacial score (nSPS) is 10.6. The van der Waals surface area contributed by atoms with Gasteiger partial charge in [-0.25, -0.2) is 0 Å². The molecular formula is C14H15N3OS. The van der Waals surface area contributed by atoms with Gasteiger partial charge < -0.3 is 9.73 Å². The summed E-state index contributed by atoms with van der Waals surface area (Å²) in [7, 11) is 0. The minimum absolute atomic E-state index is 0.459. The Hall–Kier alpha value is -2.14. The zero-order valence-electron chi connectivity index (χ0n) is 10.6. The largest absolute Gasteiger partial charge is 0.467 e. The van der Waals surface area contributed by atoms with Crippen molar-refractivity contribution in [2.45, 2.75) is 13.5 Å². The highest BCUT2D eigenvalue weighted by Crippen LogP contribution is 2.03. The fourth-order valence-electron chi connectivity index (χ4n) is 1.51. The van der Waals surface area contributed by atoms with Crippen LogP contribution >= 0.6 is 12.2 Å². The Balaban J connectivity index is 1.79. The van der Waals surface area contributed by atoms with Gasteiger partial charge in [-0.2, -0.15) is 5.10 Å². The van der Waals surface area contributed by atoms with Gasteiger partial charge in [-0.1, -0.05) is 24.3 Å². The van der Waals surface area contributed by atoms with Gasteiger partial charge in [0.1, 0.15) is 5.76 Å². The lowest BCUT2D eigenvalue weighted by Gasteiger charge is -2.05. The zero-order chi connectivity index (χ0) is 13.5. The van der Waals surface area contributed by atoms with E-state index in [-0.39, 0.29) is 0 Å². The predicted molar refractivity (Wildman–Crippen MR) is 80.1 cm³/mol. The van der Waals surface area contributed by atoms with Gasteiger partial charge in [0.2, 0.25) is 0 Å². The molecule has 0 unspecified atom stereocenters. The number of thiocarbonyl (C=S) groups is 1. The Labute approximate surface area is 117 Å². The molecule has 0 amide bonds. The van der Waals surface area contributed by atoms with Gasteiger partial charge in [0.25, 0.3) is 0 Å². The van der Waals surface area contributed by atoms with Crippen LogP contribution in [0.5, 0.6) is 0 Å². The first-order valence-electron chi connectivity index (χ1n) is 5.90. The van der Waals surface area contributed by atoms with Crippen LogP contribution in [-0.2, 0) is 6.54 Å². The third kappa shape index (κ3) is 4.22. The second-order valence-corrected chi connectivity index (χ2v) is 4.40. The molecule has 0 spiro atoms. The van der Waals surface area contributed by atoms with E-state index in [0.29, 0.717) is 11.7 Å². The van der Waals surface area contributed by atoms with Gasteiger partial charge >= 0.3 is 0 Å². The Bertz CT molecular complexity index is 564. The van der Waals surface area contributed by atoms with E-state index in [9.17, 15) is 0 Å². The number of rotatable bonds is 4. The summed E-state index contributed by atoms with van der Waals surface area (Å²) in [5.41, 5.74) is 5.00. The molecule has 1 aromatic heterocycles. The lowest BCUT2D eigenvalue weighted by atomic mass is 10.1. The molecule has 0 radical (unpaired) electrons. The van der Waals surface area contributed by atoms with Crippen LogP contribution in [0.15, 0.2) is 52.2 Å². The maximum Gasteiger partial charge on any atom is 0.187 e. The molecule has 0 atom stereocenters. The third-order valence-corrected chi connectivity index (χ3v) is 2.80. The molecule has 0 aliphatic carbocycles. The average molecular weight is 273 g/mol. The van der Waals surface area contributed by atoms with Gasteiger partial charge in [0, 0.05) is 0 Å². The van der Waals surface area contributed by atoms with Gasteiger partial charge in [0.15, 0.2) is 5.11 Å². The molecule has 5 heteroatoms. The van der Waals surface area contributed by atoms with E-state index in [4.69, 9.17) is 16.6 Å². The van der Waals surface area contributed by atoms with Crippen LogP contribution in [0, 0.1) is 6.92 Å². The number of hydrogen-bond acceptors (Lipinski definition) is 3. The van der Waals surface area contributed by atoms with E-state index in [1.807, 2.05) is 43.3 Å². The van der Waals surface area contributed by atoms with Crippen molar-refractivity contribution in [1.29, 1.82) is 0 Å². The van der Waals surface area contributed by atoms with Crippen LogP contribution in [0.4, 0.5) is 0 Å². The number of hydrazone groups is 1. The summed E-state index contributed by atoms with van der Waals surface area (Å²) in [6, 6.07) is 11.7. The highest BCUT2D eigenvalue weighted by atomic mass is 32.1. The monoisotopic (exact) mass is 273 g/mol. The van der Waals surface area contributed by atoms with Crippen molar-refractivity contribution in [3.05, 3.63) is 59.5 Å². The maximum atomic E-state index is 5.19. The molecule has 1 heterocycles. The second-order valence-electron chi connectivity index (χ2n) is 3.99. The number of benzene rings is 1. The Morgan fingerprint density at radius 2 is 2.16 bits per heavy atom. The SMILES string of the molecule is Cc1ccccc1/C=N\NC(=S)NCc1ccco1. The fraction of sp³-hybridized carbons (Fsp3) is 0.143. The molecule has 2 rings (SSSR count). The number of nitrogens with one attached hydrogen (secondary N) is 2. The van der Waals surface area contributed by atoms with Gasteiger partial charge in [0.05, 0.1) is 19.0 Å². The highest BCUT2D eigenvalue weighted by Gasteiger charge is 1.97. The van der Waals surface area contributed by atoms with Crippen molar-refractivity contribution in [3.8, 4) is 0 Å². The lowest BCUT2D eigenvalue weighted by molar-refractivity contribution is 0.502. The van der Waals surface area contributed by atoms with E-state index in [2.05, 4.69) is 15.8 Å². The first-order valence-corrected chi connectivity index (χ1v) is 6.31. The van der Waals surface area contributed by atoms with Crippen LogP contribution in [0.1, 0.15) is 16.9 Å². The molecule has 1 aromatic carbocycles. The van der Waals surface area contributed by atoms with Crippen LogP contribution < -0.4 is 10.7 Å². The quantitative estimate of drug-likeness (QED) is 0.511. The fourth-order valence-corrected chi connectivity index (χ4v) is 1.64. The predicted octanol–water partition coefficient (Wildman–Crippen LogP) is 2.59. The van der Waals surface area contributed by atoms with Crippen molar-refractivity contribution < 1.29 is 4.42 Å². The van der Waals surface area contributed by atoms with Crippen molar-refractivity contribution in [2.24, 2.45) is 5.10 Å². The van der Waals surface area contributed by atoms with Crippen molar-refractivity contribution >= 4 is 23.5 Å². The van der Waals surface area contributed by atoms with Crippen LogP contribution in [0.2, 0.25) is 0 Å². The van der Waals surface area contributed by atoms with Crippen molar-refractivity contribution in [2.75, 3.05) is 0 Å². The summed E-state index contributed by atoms with van der Waals surface area (Å²) in [4.78, 5) is 0. The molecular weight excluding hydrogens is 258 g/mol. The number of nitrogens with zero attached hydrogens (tertiary/aromatic N) is 1. The number of aryl methyl sites for hydroxylation is 1. The summed E-state index contributed by atoms with van der Waals surface area (Å²) >= 11 is 5.10. The first kappa shape index (κ1) is 13.3. The van der Waals surface area contributed by atoms with Gasteiger partial charge in [-0.05, 0) is 42.4 Å². The first-order chi connectivity index (χ1) is 9.25. The molecule has 0 aliphatic rings. The second kappa shape index (κ2) is 6.70. The van der Waals surface area contributed by atoms with Crippen LogP contribution in [0.3, 0.4) is 0 Å². The van der Waals surface area contributed by atoms with E-state index in [1.165, 1.54) is 5.56 Å². The smallest absolute Gasteiger partial charge is 0.187 e. The van der Waals surface area contributed by atoms with Crippen LogP contribution in [-0.4, -0.2) is 11.3 Å². The Kier molecular flexibility index (Phi) is 4.69. The minimum atomic E-state index is 0.459. The zero-order valence-corrected chi connectivity index (χ0v) is 11.4. The van der Waals surface area contributed by atoms with Crippen molar-refractivity contribution in [3.63, 3.8) is 0 Å². The molecule has 0 bridgehead atoms. The standard InChI is InChI=1S/C14H15N3OS/c1-11-5-2-3-6-12(11)9-16-17-14(19)15-10-13-7-4-8-18-13/h2-9H,10H2,1H3,(H2,15,17,19)/b16-9-. The van der Waals surface area contributed by atoms with Crippen molar-refractivity contribution in [1.82, 2.24) is 10.7 Å². The van der Waals surface area contributed by atoms with E-state index < -0.39 is 0 Å². The molecule has 2 aromatic rings. The minimum Gasteiger partial charge on any atom is -0.467 e. The Morgan fingerprint density at radius 1 is 1.32 bits per heavy atom. The van der Waals surface area contributed by atoms with E-state index >= 15 is 0 Å². The van der Waals surface area contributed by atoms with E-state index in [1.54, 1.807) is 12.5 Å². The molecule has 4 nitrogen and oxygen atoms in total. The summed E-state index contributed by atoms with van der Waals surface area (Å²) in [6.07, 6.45) is 3.38. The van der Waals surface area contributed by atoms with Gasteiger partial charge in [-0.15, -0.1) is 0 Å². The number of hydrogen-bond donors (Lipinski definition) is 2. The molecule has 19 heavy (non-hydrogen) atoms. The average Bonchev–Trinajstić information content (AvgIpc) is 2.92. The van der Waals surface area contributed by atoms with Crippen LogP contribution in [0.25, 0.3) is 0 Å². The molecule has 0 fully saturated rings. The molecule has 0 saturated heterocycles. The van der Waals surface area contributed by atoms with E-state index in [0.717, 1.165) is 11.3 Å². The summed E-state index contributed by atoms with van der Waals surface area (Å²) in [5.74, 6) is 0.826. The lowest BCUT2D eigenvalue weighted by Crippen LogP contribution is -2.31.